The van der Waals surface area contributed by atoms with E-state index < -0.39 is 24.3 Å². The lowest BCUT2D eigenvalue weighted by molar-refractivity contribution is -0.193. The number of hydrogen-bond acceptors (Lipinski definition) is 7. The minimum Gasteiger partial charge on any atom is -0.475 e. The molecule has 0 bridgehead atoms. The number of nitrogens with zero attached hydrogens (tertiary/aromatic N) is 3. The van der Waals surface area contributed by atoms with Crippen LogP contribution in [-0.2, 0) is 22.7 Å². The van der Waals surface area contributed by atoms with Gasteiger partial charge in [0.1, 0.15) is 5.01 Å². The van der Waals surface area contributed by atoms with E-state index in [9.17, 15) is 26.3 Å². The molecule has 7 nitrogen and oxygen atoms in total. The summed E-state index contributed by atoms with van der Waals surface area (Å²) in [5.41, 5.74) is 0.594. The zero-order valence-corrected chi connectivity index (χ0v) is 20.5. The van der Waals surface area contributed by atoms with E-state index >= 15 is 0 Å². The fourth-order valence-corrected chi connectivity index (χ4v) is 5.31. The first-order chi connectivity index (χ1) is 16.7. The number of halogens is 6. The van der Waals surface area contributed by atoms with Crippen LogP contribution >= 0.6 is 22.7 Å². The van der Waals surface area contributed by atoms with Crippen LogP contribution in [0.3, 0.4) is 0 Å². The molecule has 0 atom stereocenters. The van der Waals surface area contributed by atoms with Gasteiger partial charge in [0.25, 0.3) is 0 Å². The van der Waals surface area contributed by atoms with E-state index in [0.717, 1.165) is 13.1 Å². The molecule has 2 aromatic rings. The lowest BCUT2D eigenvalue weighted by Crippen LogP contribution is -2.41. The SMILES string of the molecule is O=C(O)C(F)(F)F.O=C(O)C(F)(F)F.c1csc(CN2CCC3(CCN(Cc4nccs4)CC3)C2)c1. The van der Waals surface area contributed by atoms with E-state index in [4.69, 9.17) is 19.8 Å². The highest BCUT2D eigenvalue weighted by atomic mass is 32.1. The highest BCUT2D eigenvalue weighted by molar-refractivity contribution is 7.10. The van der Waals surface area contributed by atoms with Crippen LogP contribution in [-0.4, -0.2) is 75.5 Å². The summed E-state index contributed by atoms with van der Waals surface area (Å²) in [7, 11) is 0. The average Bonchev–Trinajstić information content (AvgIpc) is 3.54. The number of thiophene rings is 1. The standard InChI is InChI=1S/C17H23N3S2.2C2HF3O2/c1-2-15(21-10-1)12-20-9-5-17(14-20)3-7-19(8-4-17)13-16-18-6-11-22-16;2*3-2(4,5)1(6)7/h1-2,6,10-11H,3-5,7-9,12-14H2;2*(H,6,7). The number of hydrogen-bond donors (Lipinski definition) is 2. The third kappa shape index (κ3) is 10.0. The van der Waals surface area contributed by atoms with E-state index in [1.165, 1.54) is 55.3 Å². The van der Waals surface area contributed by atoms with Gasteiger partial charge in [-0.25, -0.2) is 14.6 Å². The molecule has 2 aromatic heterocycles. The molecule has 2 aliphatic rings. The van der Waals surface area contributed by atoms with Gasteiger partial charge in [0, 0.05) is 29.5 Å². The van der Waals surface area contributed by atoms with Crippen molar-refractivity contribution in [1.29, 1.82) is 0 Å². The molecule has 1 spiro atoms. The molecular formula is C21H25F6N3O4S2. The van der Waals surface area contributed by atoms with Gasteiger partial charge in [-0.05, 0) is 55.8 Å². The van der Waals surface area contributed by atoms with Crippen molar-refractivity contribution in [3.05, 3.63) is 39.0 Å². The zero-order chi connectivity index (χ0) is 27.0. The summed E-state index contributed by atoms with van der Waals surface area (Å²) in [6, 6.07) is 4.44. The summed E-state index contributed by atoms with van der Waals surface area (Å²) in [5, 5.41) is 19.8. The van der Waals surface area contributed by atoms with Crippen molar-refractivity contribution in [1.82, 2.24) is 14.8 Å². The molecule has 15 heteroatoms. The Labute approximate surface area is 211 Å². The topological polar surface area (TPSA) is 94.0 Å². The lowest BCUT2D eigenvalue weighted by Gasteiger charge is -2.39. The van der Waals surface area contributed by atoms with Gasteiger partial charge in [-0.3, -0.25) is 9.80 Å². The summed E-state index contributed by atoms with van der Waals surface area (Å²) >= 11 is 3.67. The van der Waals surface area contributed by atoms with Crippen LogP contribution in [0.1, 0.15) is 29.1 Å². The molecule has 0 saturated carbocycles. The first kappa shape index (κ1) is 30.0. The zero-order valence-electron chi connectivity index (χ0n) is 18.9. The predicted octanol–water partition coefficient (Wildman–Crippen LogP) is 4.96. The quantitative estimate of drug-likeness (QED) is 0.510. The van der Waals surface area contributed by atoms with E-state index in [2.05, 4.69) is 37.7 Å². The second kappa shape index (κ2) is 12.8. The van der Waals surface area contributed by atoms with Crippen LogP contribution in [0.4, 0.5) is 26.3 Å². The second-order valence-electron chi connectivity index (χ2n) is 8.35. The van der Waals surface area contributed by atoms with Gasteiger partial charge in [-0.1, -0.05) is 6.07 Å². The van der Waals surface area contributed by atoms with E-state index in [1.54, 1.807) is 11.3 Å². The Hall–Kier alpha value is -2.23. The van der Waals surface area contributed by atoms with Gasteiger partial charge in [0.15, 0.2) is 0 Å². The summed E-state index contributed by atoms with van der Waals surface area (Å²) < 4.78 is 63.5. The van der Waals surface area contributed by atoms with Crippen LogP contribution in [0, 0.1) is 5.41 Å². The summed E-state index contributed by atoms with van der Waals surface area (Å²) in [5.74, 6) is -5.51. The van der Waals surface area contributed by atoms with Crippen LogP contribution in [0.15, 0.2) is 29.1 Å². The number of carboxylic acids is 2. The van der Waals surface area contributed by atoms with Crippen molar-refractivity contribution in [3.8, 4) is 0 Å². The number of alkyl halides is 6. The largest absolute Gasteiger partial charge is 0.490 e. The van der Waals surface area contributed by atoms with E-state index in [1.807, 2.05) is 17.5 Å². The molecular weight excluding hydrogens is 536 g/mol. The maximum absolute atomic E-state index is 10.6. The summed E-state index contributed by atoms with van der Waals surface area (Å²) in [6.45, 7) is 7.27. The van der Waals surface area contributed by atoms with Gasteiger partial charge in [0.05, 0.1) is 6.54 Å². The molecule has 2 saturated heterocycles. The molecule has 0 unspecified atom stereocenters. The number of aromatic nitrogens is 1. The fourth-order valence-electron chi connectivity index (χ4n) is 3.90. The Morgan fingerprint density at radius 3 is 1.83 bits per heavy atom. The van der Waals surface area contributed by atoms with Gasteiger partial charge in [-0.2, -0.15) is 26.3 Å². The molecule has 36 heavy (non-hydrogen) atoms. The average molecular weight is 562 g/mol. The Balaban J connectivity index is 0.000000271. The van der Waals surface area contributed by atoms with Crippen molar-refractivity contribution in [3.63, 3.8) is 0 Å². The normalized spacial score (nSPS) is 18.2. The van der Waals surface area contributed by atoms with Gasteiger partial charge < -0.3 is 10.2 Å². The van der Waals surface area contributed by atoms with Crippen LogP contribution in [0.25, 0.3) is 0 Å². The number of thiazole rings is 1. The minimum atomic E-state index is -5.08. The maximum atomic E-state index is 10.6. The Morgan fingerprint density at radius 2 is 1.42 bits per heavy atom. The number of carboxylic acid groups (broad SMARTS) is 2. The van der Waals surface area contributed by atoms with Crippen LogP contribution < -0.4 is 0 Å². The summed E-state index contributed by atoms with van der Waals surface area (Å²) in [4.78, 5) is 29.0. The third-order valence-electron chi connectivity index (χ3n) is 5.72. The minimum absolute atomic E-state index is 0.594. The number of carbonyl (C=O) groups is 2. The van der Waals surface area contributed by atoms with Crippen molar-refractivity contribution in [2.75, 3.05) is 26.2 Å². The molecule has 0 aliphatic carbocycles. The van der Waals surface area contributed by atoms with Crippen molar-refractivity contribution in [2.24, 2.45) is 5.41 Å². The van der Waals surface area contributed by atoms with Gasteiger partial charge in [0.2, 0.25) is 0 Å². The number of rotatable bonds is 4. The van der Waals surface area contributed by atoms with E-state index in [0.29, 0.717) is 5.41 Å². The van der Waals surface area contributed by atoms with Crippen molar-refractivity contribution in [2.45, 2.75) is 44.7 Å². The first-order valence-corrected chi connectivity index (χ1v) is 12.4. The molecule has 2 fully saturated rings. The molecule has 0 radical (unpaired) electrons. The van der Waals surface area contributed by atoms with Crippen LogP contribution in [0.5, 0.6) is 0 Å². The Kier molecular flexibility index (Phi) is 10.7. The number of piperidine rings is 1. The monoisotopic (exact) mass is 561 g/mol. The number of likely N-dealkylation sites (tertiary alicyclic amines) is 2. The molecule has 0 amide bonds. The predicted molar refractivity (Wildman–Crippen MR) is 121 cm³/mol. The van der Waals surface area contributed by atoms with Crippen molar-refractivity contribution < 1.29 is 46.1 Å². The lowest BCUT2D eigenvalue weighted by atomic mass is 9.78. The Bertz CT molecular complexity index is 920. The highest BCUT2D eigenvalue weighted by Gasteiger charge is 2.41. The maximum Gasteiger partial charge on any atom is 0.490 e. The third-order valence-corrected chi connectivity index (χ3v) is 7.35. The van der Waals surface area contributed by atoms with Crippen molar-refractivity contribution >= 4 is 34.6 Å². The smallest absolute Gasteiger partial charge is 0.475 e. The summed E-state index contributed by atoms with van der Waals surface area (Å²) in [6.07, 6.45) is -4.13. The van der Waals surface area contributed by atoms with E-state index in [-0.39, 0.29) is 0 Å². The fraction of sp³-hybridized carbons (Fsp3) is 0.571. The highest BCUT2D eigenvalue weighted by Crippen LogP contribution is 2.41. The molecule has 2 N–H and O–H groups in total. The van der Waals surface area contributed by atoms with Gasteiger partial charge in [-0.15, -0.1) is 22.7 Å². The number of aliphatic carboxylic acids is 2. The Morgan fingerprint density at radius 1 is 0.889 bits per heavy atom. The van der Waals surface area contributed by atoms with Gasteiger partial charge >= 0.3 is 24.3 Å². The molecule has 2 aliphatic heterocycles. The molecule has 4 heterocycles. The molecule has 202 valence electrons. The second-order valence-corrected chi connectivity index (χ2v) is 10.4. The first-order valence-electron chi connectivity index (χ1n) is 10.7. The molecule has 4 rings (SSSR count). The molecule has 0 aromatic carbocycles. The van der Waals surface area contributed by atoms with Crippen LogP contribution in [0.2, 0.25) is 0 Å².